The topological polar surface area (TPSA) is 105 Å². The van der Waals surface area contributed by atoms with Crippen LogP contribution < -0.4 is 16.4 Å². The van der Waals surface area contributed by atoms with Gasteiger partial charge in [-0.05, 0) is 42.1 Å². The van der Waals surface area contributed by atoms with Crippen LogP contribution in [0, 0.1) is 5.41 Å². The summed E-state index contributed by atoms with van der Waals surface area (Å²) in [6, 6.07) is 12.8. The van der Waals surface area contributed by atoms with Gasteiger partial charge in [-0.3, -0.25) is 14.4 Å². The van der Waals surface area contributed by atoms with Crippen molar-refractivity contribution in [3.05, 3.63) is 48.0 Å². The lowest BCUT2D eigenvalue weighted by Crippen LogP contribution is -2.55. The average Bonchev–Trinajstić information content (AvgIpc) is 3.27. The van der Waals surface area contributed by atoms with E-state index < -0.39 is 17.5 Å². The molecule has 7 heteroatoms. The second-order valence-corrected chi connectivity index (χ2v) is 9.79. The van der Waals surface area contributed by atoms with Gasteiger partial charge < -0.3 is 21.3 Å². The predicted octanol–water partition coefficient (Wildman–Crippen LogP) is 2.37. The summed E-state index contributed by atoms with van der Waals surface area (Å²) >= 11 is 0. The summed E-state index contributed by atoms with van der Waals surface area (Å²) in [5.41, 5.74) is 5.95. The Morgan fingerprint density at radius 3 is 2.55 bits per heavy atom. The summed E-state index contributed by atoms with van der Waals surface area (Å²) in [4.78, 5) is 40.7. The minimum absolute atomic E-state index is 0.0429. The van der Waals surface area contributed by atoms with Crippen LogP contribution in [0.25, 0.3) is 10.8 Å². The van der Waals surface area contributed by atoms with Crippen LogP contribution in [0.4, 0.5) is 0 Å². The van der Waals surface area contributed by atoms with Crippen molar-refractivity contribution in [1.29, 1.82) is 0 Å². The Labute approximate surface area is 196 Å². The van der Waals surface area contributed by atoms with E-state index in [0.29, 0.717) is 38.9 Å². The molecule has 2 aromatic rings. The lowest BCUT2D eigenvalue weighted by atomic mass is 9.94. The molecule has 0 bridgehead atoms. The number of likely N-dealkylation sites (tertiary alicyclic amines) is 1. The van der Waals surface area contributed by atoms with Gasteiger partial charge in [0.15, 0.2) is 0 Å². The molecule has 2 atom stereocenters. The van der Waals surface area contributed by atoms with Gasteiger partial charge >= 0.3 is 0 Å². The van der Waals surface area contributed by atoms with E-state index in [4.69, 9.17) is 5.73 Å². The smallest absolute Gasteiger partial charge is 0.243 e. The molecule has 1 heterocycles. The molecule has 0 spiro atoms. The molecular weight excluding hydrogens is 416 g/mol. The molecule has 1 aliphatic heterocycles. The Balaban J connectivity index is 1.77. The largest absolute Gasteiger partial charge is 0.354 e. The normalized spacial score (nSPS) is 17.1. The molecule has 2 unspecified atom stereocenters. The van der Waals surface area contributed by atoms with Crippen LogP contribution in [0.15, 0.2) is 42.5 Å². The van der Waals surface area contributed by atoms with Crippen molar-refractivity contribution in [2.45, 2.75) is 58.5 Å². The molecule has 2 aromatic carbocycles. The van der Waals surface area contributed by atoms with E-state index in [1.165, 1.54) is 0 Å². The van der Waals surface area contributed by atoms with Gasteiger partial charge in [0, 0.05) is 24.9 Å². The summed E-state index contributed by atoms with van der Waals surface area (Å²) in [5.74, 6) is -0.555. The highest BCUT2D eigenvalue weighted by molar-refractivity contribution is 5.93. The first-order valence-electron chi connectivity index (χ1n) is 11.8. The Morgan fingerprint density at radius 1 is 1.12 bits per heavy atom. The van der Waals surface area contributed by atoms with Gasteiger partial charge in [0.25, 0.3) is 0 Å². The number of nitrogens with one attached hydrogen (secondary N) is 2. The van der Waals surface area contributed by atoms with E-state index in [0.717, 1.165) is 22.8 Å². The third-order valence-corrected chi connectivity index (χ3v) is 6.02. The van der Waals surface area contributed by atoms with Crippen LogP contribution in [0.5, 0.6) is 0 Å². The fraction of sp³-hybridized carbons (Fsp3) is 0.500. The number of nitrogens with two attached hydrogens (primary N) is 1. The highest BCUT2D eigenvalue weighted by Gasteiger charge is 2.39. The summed E-state index contributed by atoms with van der Waals surface area (Å²) in [6.07, 6.45) is 2.41. The van der Waals surface area contributed by atoms with Gasteiger partial charge in [-0.2, -0.15) is 0 Å². The monoisotopic (exact) mass is 452 g/mol. The maximum Gasteiger partial charge on any atom is 0.243 e. The van der Waals surface area contributed by atoms with Gasteiger partial charge in [-0.15, -0.1) is 0 Å². The first-order valence-corrected chi connectivity index (χ1v) is 11.8. The first kappa shape index (κ1) is 24.7. The third-order valence-electron chi connectivity index (χ3n) is 6.02. The molecule has 0 saturated carbocycles. The first-order chi connectivity index (χ1) is 15.7. The van der Waals surface area contributed by atoms with Crippen LogP contribution >= 0.6 is 0 Å². The predicted molar refractivity (Wildman–Crippen MR) is 130 cm³/mol. The van der Waals surface area contributed by atoms with Gasteiger partial charge in [-0.25, -0.2) is 0 Å². The summed E-state index contributed by atoms with van der Waals surface area (Å²) in [6.45, 7) is 7.07. The van der Waals surface area contributed by atoms with Gasteiger partial charge in [0.2, 0.25) is 17.7 Å². The summed E-state index contributed by atoms with van der Waals surface area (Å²) < 4.78 is 0. The van der Waals surface area contributed by atoms with Crippen LogP contribution in [-0.4, -0.2) is 54.3 Å². The molecule has 0 radical (unpaired) electrons. The quantitative estimate of drug-likeness (QED) is 0.535. The Bertz CT molecular complexity index is 998. The number of fused-ring (bicyclic) bond motifs is 1. The van der Waals surface area contributed by atoms with Crippen molar-refractivity contribution in [2.75, 3.05) is 19.6 Å². The van der Waals surface area contributed by atoms with Crippen LogP contribution in [0.1, 0.15) is 45.6 Å². The van der Waals surface area contributed by atoms with Crippen LogP contribution in [0.2, 0.25) is 0 Å². The van der Waals surface area contributed by atoms with E-state index in [-0.39, 0.29) is 17.7 Å². The van der Waals surface area contributed by atoms with Gasteiger partial charge in [0.05, 0.1) is 0 Å². The van der Waals surface area contributed by atoms with E-state index in [9.17, 15) is 14.4 Å². The Kier molecular flexibility index (Phi) is 8.08. The number of hydrogen-bond acceptors (Lipinski definition) is 4. The second-order valence-electron chi connectivity index (χ2n) is 9.79. The van der Waals surface area contributed by atoms with E-state index >= 15 is 0 Å². The van der Waals surface area contributed by atoms with Crippen molar-refractivity contribution >= 4 is 28.5 Å². The number of carbonyl (C=O) groups excluding carboxylic acids is 3. The molecule has 3 amide bonds. The van der Waals surface area contributed by atoms with Crippen molar-refractivity contribution in [3.63, 3.8) is 0 Å². The maximum absolute atomic E-state index is 13.2. The van der Waals surface area contributed by atoms with E-state index in [1.807, 2.05) is 63.2 Å². The fourth-order valence-electron chi connectivity index (χ4n) is 4.23. The molecule has 0 aliphatic carbocycles. The van der Waals surface area contributed by atoms with Gasteiger partial charge in [-0.1, -0.05) is 63.2 Å². The third kappa shape index (κ3) is 6.32. The molecule has 4 N–H and O–H groups in total. The maximum atomic E-state index is 13.2. The number of amides is 3. The SMILES string of the molecule is CC(C)(C)C(=O)N1CCCC1C(=O)NC(Cc1ccc2ccccc2c1)C(=O)NCCCN. The van der Waals surface area contributed by atoms with Crippen LogP contribution in [0.3, 0.4) is 0 Å². The van der Waals surface area contributed by atoms with Crippen molar-refractivity contribution in [2.24, 2.45) is 11.1 Å². The number of carbonyl (C=O) groups is 3. The molecule has 1 fully saturated rings. The summed E-state index contributed by atoms with van der Waals surface area (Å²) in [7, 11) is 0. The molecule has 7 nitrogen and oxygen atoms in total. The lowest BCUT2D eigenvalue weighted by molar-refractivity contribution is -0.145. The molecular formula is C26H36N4O3. The number of nitrogens with zero attached hydrogens (tertiary/aromatic N) is 1. The summed E-state index contributed by atoms with van der Waals surface area (Å²) in [5, 5.41) is 8.03. The zero-order chi connectivity index (χ0) is 24.0. The highest BCUT2D eigenvalue weighted by Crippen LogP contribution is 2.26. The van der Waals surface area contributed by atoms with Crippen molar-refractivity contribution in [3.8, 4) is 0 Å². The zero-order valence-corrected chi connectivity index (χ0v) is 19.9. The van der Waals surface area contributed by atoms with Crippen molar-refractivity contribution < 1.29 is 14.4 Å². The minimum atomic E-state index is -0.733. The number of benzene rings is 2. The number of rotatable bonds is 8. The van der Waals surface area contributed by atoms with Gasteiger partial charge in [0.1, 0.15) is 12.1 Å². The van der Waals surface area contributed by atoms with E-state index in [2.05, 4.69) is 10.6 Å². The molecule has 33 heavy (non-hydrogen) atoms. The molecule has 1 aliphatic rings. The molecule has 0 aromatic heterocycles. The molecule has 1 saturated heterocycles. The minimum Gasteiger partial charge on any atom is -0.354 e. The van der Waals surface area contributed by atoms with Crippen LogP contribution in [-0.2, 0) is 20.8 Å². The fourth-order valence-corrected chi connectivity index (χ4v) is 4.23. The molecule has 178 valence electrons. The Morgan fingerprint density at radius 2 is 1.85 bits per heavy atom. The average molecular weight is 453 g/mol. The Hall–Kier alpha value is -2.93. The standard InChI is InChI=1S/C26H36N4O3/c1-26(2,3)25(33)30-15-6-10-22(30)24(32)29-21(23(31)28-14-7-13-27)17-18-11-12-19-8-4-5-9-20(19)16-18/h4-5,8-9,11-12,16,21-22H,6-7,10,13-15,17,27H2,1-3H3,(H,28,31)(H,29,32). The highest BCUT2D eigenvalue weighted by atomic mass is 16.2. The lowest BCUT2D eigenvalue weighted by Gasteiger charge is -2.31. The number of hydrogen-bond donors (Lipinski definition) is 3. The van der Waals surface area contributed by atoms with Crippen molar-refractivity contribution in [1.82, 2.24) is 15.5 Å². The van der Waals surface area contributed by atoms with E-state index in [1.54, 1.807) is 4.90 Å². The second kappa shape index (κ2) is 10.8. The molecule has 3 rings (SSSR count). The zero-order valence-electron chi connectivity index (χ0n) is 19.9.